The first-order chi connectivity index (χ1) is 10.7. The summed E-state index contributed by atoms with van der Waals surface area (Å²) in [7, 11) is 0. The van der Waals surface area contributed by atoms with Crippen LogP contribution in [0.4, 0.5) is 0 Å². The molecule has 2 aromatic rings. The Hall–Kier alpha value is -2.13. The molecule has 1 amide bonds. The normalized spacial score (nSPS) is 13.4. The van der Waals surface area contributed by atoms with Crippen LogP contribution in [0.2, 0.25) is 0 Å². The van der Waals surface area contributed by atoms with Crippen LogP contribution in [0, 0.1) is 0 Å². The van der Waals surface area contributed by atoms with Gasteiger partial charge in [0.2, 0.25) is 5.91 Å². The molecule has 0 saturated heterocycles. The van der Waals surface area contributed by atoms with E-state index in [2.05, 4.69) is 17.4 Å². The maximum Gasteiger partial charge on any atom is 0.237 e. The second-order valence-electron chi connectivity index (χ2n) is 5.56. The van der Waals surface area contributed by atoms with E-state index >= 15 is 0 Å². The standard InChI is InChI=1S/C19H24N2O/c1-2-9-17(20)19(22)21-18(16-12-7-4-8-13-16)14-15-10-5-3-6-11-15/h3-8,10-13,17-18H,2,9,14,20H2,1H3,(H,21,22). The van der Waals surface area contributed by atoms with E-state index in [-0.39, 0.29) is 11.9 Å². The molecule has 22 heavy (non-hydrogen) atoms. The van der Waals surface area contributed by atoms with Crippen LogP contribution >= 0.6 is 0 Å². The molecule has 2 rings (SSSR count). The number of nitrogens with one attached hydrogen (secondary N) is 1. The topological polar surface area (TPSA) is 55.1 Å². The number of carbonyl (C=O) groups is 1. The lowest BCUT2D eigenvalue weighted by Gasteiger charge is -2.21. The van der Waals surface area contributed by atoms with Crippen LogP contribution in [0.5, 0.6) is 0 Å². The molecule has 0 heterocycles. The minimum Gasteiger partial charge on any atom is -0.348 e. The van der Waals surface area contributed by atoms with E-state index in [1.807, 2.05) is 55.5 Å². The van der Waals surface area contributed by atoms with Crippen LogP contribution in [0.15, 0.2) is 60.7 Å². The zero-order valence-electron chi connectivity index (χ0n) is 13.0. The second-order valence-corrected chi connectivity index (χ2v) is 5.56. The van der Waals surface area contributed by atoms with Crippen molar-refractivity contribution in [3.63, 3.8) is 0 Å². The Morgan fingerprint density at radius 1 is 1.05 bits per heavy atom. The molecule has 0 radical (unpaired) electrons. The first-order valence-corrected chi connectivity index (χ1v) is 7.85. The van der Waals surface area contributed by atoms with Crippen molar-refractivity contribution >= 4 is 5.91 Å². The molecule has 0 aliphatic heterocycles. The summed E-state index contributed by atoms with van der Waals surface area (Å²) in [6, 6.07) is 19.7. The zero-order valence-corrected chi connectivity index (χ0v) is 13.0. The van der Waals surface area contributed by atoms with Gasteiger partial charge in [-0.1, -0.05) is 74.0 Å². The van der Waals surface area contributed by atoms with Crippen LogP contribution in [0.3, 0.4) is 0 Å². The lowest BCUT2D eigenvalue weighted by Crippen LogP contribution is -2.42. The Bertz CT molecular complexity index is 569. The summed E-state index contributed by atoms with van der Waals surface area (Å²) >= 11 is 0. The van der Waals surface area contributed by atoms with Gasteiger partial charge in [-0.2, -0.15) is 0 Å². The highest BCUT2D eigenvalue weighted by Gasteiger charge is 2.19. The monoisotopic (exact) mass is 296 g/mol. The van der Waals surface area contributed by atoms with Crippen molar-refractivity contribution in [3.05, 3.63) is 71.8 Å². The van der Waals surface area contributed by atoms with Gasteiger partial charge in [-0.25, -0.2) is 0 Å². The third-order valence-corrected chi connectivity index (χ3v) is 3.74. The molecule has 3 heteroatoms. The van der Waals surface area contributed by atoms with Gasteiger partial charge < -0.3 is 11.1 Å². The highest BCUT2D eigenvalue weighted by Crippen LogP contribution is 2.18. The highest BCUT2D eigenvalue weighted by atomic mass is 16.2. The molecule has 0 spiro atoms. The van der Waals surface area contributed by atoms with Crippen molar-refractivity contribution in [2.45, 2.75) is 38.3 Å². The number of benzene rings is 2. The smallest absolute Gasteiger partial charge is 0.237 e. The maximum atomic E-state index is 12.3. The summed E-state index contributed by atoms with van der Waals surface area (Å²) in [5.41, 5.74) is 8.23. The minimum absolute atomic E-state index is 0.0565. The summed E-state index contributed by atoms with van der Waals surface area (Å²) in [5, 5.41) is 3.10. The Morgan fingerprint density at radius 3 is 2.23 bits per heavy atom. The van der Waals surface area contributed by atoms with Gasteiger partial charge in [-0.05, 0) is 24.0 Å². The van der Waals surface area contributed by atoms with E-state index in [4.69, 9.17) is 5.73 Å². The van der Waals surface area contributed by atoms with Crippen molar-refractivity contribution in [1.82, 2.24) is 5.32 Å². The van der Waals surface area contributed by atoms with E-state index in [9.17, 15) is 4.79 Å². The number of nitrogens with two attached hydrogens (primary N) is 1. The average molecular weight is 296 g/mol. The van der Waals surface area contributed by atoms with E-state index < -0.39 is 6.04 Å². The third kappa shape index (κ3) is 4.71. The van der Waals surface area contributed by atoms with Crippen molar-refractivity contribution in [3.8, 4) is 0 Å². The lowest BCUT2D eigenvalue weighted by molar-refractivity contribution is -0.123. The molecule has 3 N–H and O–H groups in total. The molecule has 2 atom stereocenters. The lowest BCUT2D eigenvalue weighted by atomic mass is 9.98. The molecule has 2 unspecified atom stereocenters. The molecule has 0 fully saturated rings. The molecule has 0 aromatic heterocycles. The Kier molecular flexibility index (Phi) is 6.16. The van der Waals surface area contributed by atoms with E-state index in [0.717, 1.165) is 18.4 Å². The van der Waals surface area contributed by atoms with Gasteiger partial charge in [-0.3, -0.25) is 4.79 Å². The summed E-state index contributed by atoms with van der Waals surface area (Å²) < 4.78 is 0. The summed E-state index contributed by atoms with van der Waals surface area (Å²) in [4.78, 5) is 12.3. The number of carbonyl (C=O) groups excluding carboxylic acids is 1. The molecule has 3 nitrogen and oxygen atoms in total. The molecule has 0 aliphatic rings. The summed E-state index contributed by atoms with van der Waals surface area (Å²) in [6.45, 7) is 2.03. The Labute approximate surface area is 132 Å². The molecule has 0 saturated carbocycles. The largest absolute Gasteiger partial charge is 0.348 e. The van der Waals surface area contributed by atoms with Gasteiger partial charge in [-0.15, -0.1) is 0 Å². The minimum atomic E-state index is -0.438. The molecular weight excluding hydrogens is 272 g/mol. The van der Waals surface area contributed by atoms with Gasteiger partial charge in [0.1, 0.15) is 0 Å². The van der Waals surface area contributed by atoms with Crippen LogP contribution in [-0.2, 0) is 11.2 Å². The quantitative estimate of drug-likeness (QED) is 0.824. The molecule has 116 valence electrons. The fourth-order valence-corrected chi connectivity index (χ4v) is 2.51. The van der Waals surface area contributed by atoms with Crippen LogP contribution < -0.4 is 11.1 Å². The number of rotatable bonds is 7. The van der Waals surface area contributed by atoms with E-state index in [1.165, 1.54) is 5.56 Å². The van der Waals surface area contributed by atoms with E-state index in [0.29, 0.717) is 6.42 Å². The van der Waals surface area contributed by atoms with Gasteiger partial charge in [0.05, 0.1) is 12.1 Å². The fraction of sp³-hybridized carbons (Fsp3) is 0.316. The third-order valence-electron chi connectivity index (χ3n) is 3.74. The van der Waals surface area contributed by atoms with Gasteiger partial charge >= 0.3 is 0 Å². The van der Waals surface area contributed by atoms with Crippen LogP contribution in [0.1, 0.15) is 36.9 Å². The fourth-order valence-electron chi connectivity index (χ4n) is 2.51. The van der Waals surface area contributed by atoms with Crippen molar-refractivity contribution in [1.29, 1.82) is 0 Å². The van der Waals surface area contributed by atoms with Crippen LogP contribution in [-0.4, -0.2) is 11.9 Å². The van der Waals surface area contributed by atoms with E-state index in [1.54, 1.807) is 0 Å². The van der Waals surface area contributed by atoms with Crippen molar-refractivity contribution in [2.75, 3.05) is 0 Å². The molecule has 0 bridgehead atoms. The Balaban J connectivity index is 2.13. The zero-order chi connectivity index (χ0) is 15.8. The second kappa shape index (κ2) is 8.35. The molecular formula is C19H24N2O. The average Bonchev–Trinajstić information content (AvgIpc) is 2.56. The molecule has 0 aliphatic carbocycles. The molecule has 2 aromatic carbocycles. The number of hydrogen-bond donors (Lipinski definition) is 2. The Morgan fingerprint density at radius 2 is 1.64 bits per heavy atom. The highest BCUT2D eigenvalue weighted by molar-refractivity contribution is 5.81. The number of hydrogen-bond acceptors (Lipinski definition) is 2. The van der Waals surface area contributed by atoms with Crippen molar-refractivity contribution < 1.29 is 4.79 Å². The summed E-state index contributed by atoms with van der Waals surface area (Å²) in [6.07, 6.45) is 2.37. The first kappa shape index (κ1) is 16.2. The first-order valence-electron chi connectivity index (χ1n) is 7.85. The maximum absolute atomic E-state index is 12.3. The SMILES string of the molecule is CCCC(N)C(=O)NC(Cc1ccccc1)c1ccccc1. The van der Waals surface area contributed by atoms with Gasteiger partial charge in [0, 0.05) is 0 Å². The van der Waals surface area contributed by atoms with Gasteiger partial charge in [0.15, 0.2) is 0 Å². The number of amides is 1. The predicted molar refractivity (Wildman–Crippen MR) is 90.4 cm³/mol. The van der Waals surface area contributed by atoms with Gasteiger partial charge in [0.25, 0.3) is 0 Å². The predicted octanol–water partition coefficient (Wildman–Crippen LogP) is 3.21. The van der Waals surface area contributed by atoms with Crippen LogP contribution in [0.25, 0.3) is 0 Å². The summed E-state index contributed by atoms with van der Waals surface area (Å²) in [5.74, 6) is -0.0772. The van der Waals surface area contributed by atoms with Crippen molar-refractivity contribution in [2.24, 2.45) is 5.73 Å².